The summed E-state index contributed by atoms with van der Waals surface area (Å²) in [6.45, 7) is 7.12. The summed E-state index contributed by atoms with van der Waals surface area (Å²) < 4.78 is 10.8. The Morgan fingerprint density at radius 1 is 1.43 bits per heavy atom. The first kappa shape index (κ1) is 18.9. The molecule has 3 aromatic rings. The summed E-state index contributed by atoms with van der Waals surface area (Å²) in [6, 6.07) is 5.68. The highest BCUT2D eigenvalue weighted by Gasteiger charge is 2.23. The van der Waals surface area contributed by atoms with Gasteiger partial charge in [0.1, 0.15) is 11.5 Å². The highest BCUT2D eigenvalue weighted by Crippen LogP contribution is 2.27. The first-order valence-corrected chi connectivity index (χ1v) is 10.4. The average Bonchev–Trinajstić information content (AvgIpc) is 3.42. The van der Waals surface area contributed by atoms with Crippen LogP contribution in [0.25, 0.3) is 10.8 Å². The second-order valence-electron chi connectivity index (χ2n) is 7.28. The monoisotopic (exact) mass is 400 g/mol. The maximum absolute atomic E-state index is 12.2. The molecule has 1 aliphatic heterocycles. The number of nitrogens with zero attached hydrogens (tertiary/aromatic N) is 3. The van der Waals surface area contributed by atoms with Crippen LogP contribution >= 0.6 is 11.3 Å². The lowest BCUT2D eigenvalue weighted by molar-refractivity contribution is 0.0921. The Labute approximate surface area is 167 Å². The maximum Gasteiger partial charge on any atom is 0.273 e. The van der Waals surface area contributed by atoms with E-state index in [0.29, 0.717) is 29.8 Å². The molecule has 1 N–H and O–H groups in total. The third kappa shape index (κ3) is 4.34. The topological polar surface area (TPSA) is 84.4 Å². The molecule has 1 atom stereocenters. The summed E-state index contributed by atoms with van der Waals surface area (Å²) in [4.78, 5) is 20.3. The van der Waals surface area contributed by atoms with Crippen molar-refractivity contribution in [2.45, 2.75) is 33.2 Å². The van der Waals surface area contributed by atoms with Gasteiger partial charge in [0.25, 0.3) is 5.91 Å². The number of likely N-dealkylation sites (tertiary alicyclic amines) is 1. The Balaban J connectivity index is 1.32. The normalized spacial score (nSPS) is 17.7. The fourth-order valence-electron chi connectivity index (χ4n) is 3.55. The van der Waals surface area contributed by atoms with Gasteiger partial charge in [0.2, 0.25) is 5.89 Å². The van der Waals surface area contributed by atoms with Gasteiger partial charge in [-0.3, -0.25) is 9.69 Å². The Morgan fingerprint density at radius 2 is 2.32 bits per heavy atom. The molecular weight excluding hydrogens is 376 g/mol. The number of thiophene rings is 1. The Hall–Kier alpha value is -2.45. The van der Waals surface area contributed by atoms with Crippen LogP contribution in [0.2, 0.25) is 0 Å². The minimum atomic E-state index is -0.179. The van der Waals surface area contributed by atoms with E-state index >= 15 is 0 Å². The Morgan fingerprint density at radius 3 is 3.07 bits per heavy atom. The highest BCUT2D eigenvalue weighted by molar-refractivity contribution is 7.13. The minimum absolute atomic E-state index is 0.179. The van der Waals surface area contributed by atoms with Crippen LogP contribution in [0.1, 0.15) is 40.5 Å². The van der Waals surface area contributed by atoms with Gasteiger partial charge in [0, 0.05) is 25.7 Å². The van der Waals surface area contributed by atoms with E-state index in [1.54, 1.807) is 24.3 Å². The predicted octanol–water partition coefficient (Wildman–Crippen LogP) is 3.65. The van der Waals surface area contributed by atoms with Gasteiger partial charge < -0.3 is 14.3 Å². The van der Waals surface area contributed by atoms with Crippen molar-refractivity contribution in [1.82, 2.24) is 20.4 Å². The lowest BCUT2D eigenvalue weighted by Gasteiger charge is -2.32. The number of amides is 1. The molecule has 8 heteroatoms. The van der Waals surface area contributed by atoms with Crippen LogP contribution in [0.5, 0.6) is 0 Å². The summed E-state index contributed by atoms with van der Waals surface area (Å²) in [6.07, 6.45) is 2.21. The lowest BCUT2D eigenvalue weighted by Crippen LogP contribution is -2.40. The van der Waals surface area contributed by atoms with Gasteiger partial charge in [-0.15, -0.1) is 11.3 Å². The molecule has 0 bridgehead atoms. The van der Waals surface area contributed by atoms with Crippen LogP contribution in [0.4, 0.5) is 0 Å². The molecule has 0 unspecified atom stereocenters. The van der Waals surface area contributed by atoms with Crippen molar-refractivity contribution in [2.75, 3.05) is 19.6 Å². The van der Waals surface area contributed by atoms with Crippen molar-refractivity contribution in [3.63, 3.8) is 0 Å². The molecule has 28 heavy (non-hydrogen) atoms. The number of carbonyl (C=O) groups excluding carboxylic acids is 1. The summed E-state index contributed by atoms with van der Waals surface area (Å²) in [5.74, 6) is 2.45. The fourth-order valence-corrected chi connectivity index (χ4v) is 4.20. The number of aryl methyl sites for hydroxylation is 2. The molecule has 1 fully saturated rings. The third-order valence-corrected chi connectivity index (χ3v) is 5.87. The van der Waals surface area contributed by atoms with E-state index in [1.165, 1.54) is 0 Å². The average molecular weight is 401 g/mol. The van der Waals surface area contributed by atoms with Crippen molar-refractivity contribution in [3.05, 3.63) is 46.5 Å². The molecular formula is C20H24N4O3S. The molecule has 4 heterocycles. The molecule has 0 radical (unpaired) electrons. The van der Waals surface area contributed by atoms with Crippen molar-refractivity contribution in [3.8, 4) is 10.8 Å². The molecule has 4 rings (SSSR count). The number of rotatable bonds is 6. The number of hydrogen-bond donors (Lipinski definition) is 1. The molecule has 7 nitrogen and oxygen atoms in total. The van der Waals surface area contributed by atoms with Gasteiger partial charge in [-0.05, 0) is 50.6 Å². The van der Waals surface area contributed by atoms with Crippen LogP contribution in [-0.4, -0.2) is 40.6 Å². The molecule has 1 saturated heterocycles. The molecule has 0 aliphatic carbocycles. The summed E-state index contributed by atoms with van der Waals surface area (Å²) in [5.41, 5.74) is 1.33. The van der Waals surface area contributed by atoms with Gasteiger partial charge in [0.05, 0.1) is 10.6 Å². The van der Waals surface area contributed by atoms with Gasteiger partial charge in [-0.2, -0.15) is 0 Å². The van der Waals surface area contributed by atoms with Gasteiger partial charge in [0.15, 0.2) is 5.69 Å². The molecule has 3 aromatic heterocycles. The van der Waals surface area contributed by atoms with Crippen molar-refractivity contribution in [1.29, 1.82) is 0 Å². The summed E-state index contributed by atoms with van der Waals surface area (Å²) >= 11 is 1.63. The number of nitrogens with one attached hydrogen (secondary N) is 1. The molecule has 0 saturated carbocycles. The van der Waals surface area contributed by atoms with E-state index in [4.69, 9.17) is 13.9 Å². The molecule has 1 amide bonds. The van der Waals surface area contributed by atoms with Gasteiger partial charge in [-0.1, -0.05) is 11.2 Å². The minimum Gasteiger partial charge on any atom is -0.440 e. The standard InChI is InChI=1S/C20H24N4O3S/c1-13-9-16(23-27-13)19(25)21-10-15-5-3-7-24(11-15)12-17-14(2)26-20(22-17)18-6-4-8-28-18/h4,6,8-9,15H,3,5,7,10-12H2,1-2H3,(H,21,25)/t15-/m1/s1. The van der Waals surface area contributed by atoms with Crippen LogP contribution in [0.3, 0.4) is 0 Å². The number of hydrogen-bond acceptors (Lipinski definition) is 7. The number of carbonyl (C=O) groups is 1. The zero-order valence-corrected chi connectivity index (χ0v) is 16.9. The smallest absolute Gasteiger partial charge is 0.273 e. The second kappa shape index (κ2) is 8.28. The first-order valence-electron chi connectivity index (χ1n) is 9.52. The zero-order chi connectivity index (χ0) is 19.5. The van der Waals surface area contributed by atoms with Crippen molar-refractivity contribution >= 4 is 17.2 Å². The van der Waals surface area contributed by atoms with Gasteiger partial charge in [-0.25, -0.2) is 4.98 Å². The molecule has 1 aliphatic rings. The molecule has 0 aromatic carbocycles. The molecule has 0 spiro atoms. The third-order valence-electron chi connectivity index (χ3n) is 5.01. The van der Waals surface area contributed by atoms with Crippen molar-refractivity contribution in [2.24, 2.45) is 5.92 Å². The highest BCUT2D eigenvalue weighted by atomic mass is 32.1. The lowest BCUT2D eigenvalue weighted by atomic mass is 9.97. The van der Waals surface area contributed by atoms with Crippen LogP contribution in [0.15, 0.2) is 32.5 Å². The van der Waals surface area contributed by atoms with E-state index in [1.807, 2.05) is 24.4 Å². The van der Waals surface area contributed by atoms with Crippen LogP contribution < -0.4 is 5.32 Å². The predicted molar refractivity (Wildman–Crippen MR) is 106 cm³/mol. The van der Waals surface area contributed by atoms with E-state index in [0.717, 1.165) is 48.8 Å². The SMILES string of the molecule is Cc1cc(C(=O)NC[C@H]2CCCN(Cc3nc(-c4cccs4)oc3C)C2)no1. The zero-order valence-electron chi connectivity index (χ0n) is 16.1. The summed E-state index contributed by atoms with van der Waals surface area (Å²) in [7, 11) is 0. The van der Waals surface area contributed by atoms with Crippen LogP contribution in [0, 0.1) is 19.8 Å². The maximum atomic E-state index is 12.2. The number of aromatic nitrogens is 2. The number of piperidine rings is 1. The summed E-state index contributed by atoms with van der Waals surface area (Å²) in [5, 5.41) is 8.77. The van der Waals surface area contributed by atoms with Gasteiger partial charge >= 0.3 is 0 Å². The van der Waals surface area contributed by atoms with Crippen molar-refractivity contribution < 1.29 is 13.7 Å². The second-order valence-corrected chi connectivity index (χ2v) is 8.22. The first-order chi connectivity index (χ1) is 13.6. The van der Waals surface area contributed by atoms with E-state index in [-0.39, 0.29) is 5.91 Å². The van der Waals surface area contributed by atoms with Crippen LogP contribution in [-0.2, 0) is 6.54 Å². The number of oxazole rings is 1. The largest absolute Gasteiger partial charge is 0.440 e. The molecule has 148 valence electrons. The quantitative estimate of drug-likeness (QED) is 0.680. The fraction of sp³-hybridized carbons (Fsp3) is 0.450. The van der Waals surface area contributed by atoms with E-state index in [9.17, 15) is 4.79 Å². The Bertz CT molecular complexity index is 931. The van der Waals surface area contributed by atoms with E-state index < -0.39 is 0 Å². The Kier molecular flexibility index (Phi) is 5.59. The van der Waals surface area contributed by atoms with E-state index in [2.05, 4.69) is 15.4 Å².